The van der Waals surface area contributed by atoms with Crippen LogP contribution in [-0.2, 0) is 6.42 Å². The van der Waals surface area contributed by atoms with Crippen LogP contribution in [0.25, 0.3) is 0 Å². The first-order valence-electron chi connectivity index (χ1n) is 4.17. The lowest BCUT2D eigenvalue weighted by molar-refractivity contribution is -0.0503. The largest absolute Gasteiger partial charge is 0.433 e. The van der Waals surface area contributed by atoms with E-state index in [1.807, 2.05) is 0 Å². The number of benzene rings is 1. The molecule has 0 aliphatic heterocycles. The third-order valence-corrected chi connectivity index (χ3v) is 2.20. The van der Waals surface area contributed by atoms with Gasteiger partial charge in [0.1, 0.15) is 5.75 Å². The fourth-order valence-corrected chi connectivity index (χ4v) is 1.76. The summed E-state index contributed by atoms with van der Waals surface area (Å²) in [5, 5.41) is 0.427. The minimum atomic E-state index is -2.92. The lowest BCUT2D eigenvalue weighted by Gasteiger charge is -2.12. The van der Waals surface area contributed by atoms with E-state index in [1.165, 1.54) is 12.1 Å². The van der Waals surface area contributed by atoms with Gasteiger partial charge in [-0.05, 0) is 30.7 Å². The van der Waals surface area contributed by atoms with Crippen molar-refractivity contribution in [3.63, 3.8) is 0 Å². The maximum atomic E-state index is 12.1. The molecule has 1 rings (SSSR count). The number of hydrogen-bond acceptors (Lipinski definition) is 2. The highest BCUT2D eigenvalue weighted by molar-refractivity contribution is 6.35. The molecule has 0 aromatic heterocycles. The Bertz CT molecular complexity index is 347. The molecule has 2 N–H and O–H groups in total. The van der Waals surface area contributed by atoms with E-state index in [-0.39, 0.29) is 10.8 Å². The van der Waals surface area contributed by atoms with Crippen LogP contribution in [0.4, 0.5) is 8.78 Å². The highest BCUT2D eigenvalue weighted by Crippen LogP contribution is 2.33. The van der Waals surface area contributed by atoms with Gasteiger partial charge in [0.2, 0.25) is 0 Å². The fourth-order valence-electron chi connectivity index (χ4n) is 1.18. The number of halogens is 4. The van der Waals surface area contributed by atoms with E-state index in [4.69, 9.17) is 28.9 Å². The van der Waals surface area contributed by atoms with E-state index in [0.717, 1.165) is 0 Å². The zero-order valence-electron chi connectivity index (χ0n) is 7.64. The summed E-state index contributed by atoms with van der Waals surface area (Å²) in [7, 11) is 0. The molecular weight excluding hydrogens is 247 g/mol. The van der Waals surface area contributed by atoms with Gasteiger partial charge in [-0.1, -0.05) is 23.2 Å². The molecule has 0 aliphatic carbocycles. The highest BCUT2D eigenvalue weighted by atomic mass is 35.5. The van der Waals surface area contributed by atoms with Gasteiger partial charge in [0.05, 0.1) is 5.02 Å². The second-order valence-corrected chi connectivity index (χ2v) is 3.64. The molecule has 1 aromatic rings. The SMILES string of the molecule is NCCc1cc(Cl)cc(Cl)c1OC(F)F. The summed E-state index contributed by atoms with van der Waals surface area (Å²) >= 11 is 11.5. The molecule has 2 nitrogen and oxygen atoms in total. The smallest absolute Gasteiger partial charge is 0.387 e. The molecule has 15 heavy (non-hydrogen) atoms. The van der Waals surface area contributed by atoms with Crippen molar-refractivity contribution in [3.8, 4) is 5.75 Å². The molecule has 6 heteroatoms. The van der Waals surface area contributed by atoms with Crippen molar-refractivity contribution < 1.29 is 13.5 Å². The molecular formula is C9H9Cl2F2NO. The van der Waals surface area contributed by atoms with Crippen LogP contribution in [0.2, 0.25) is 10.0 Å². The van der Waals surface area contributed by atoms with E-state index in [9.17, 15) is 8.78 Å². The van der Waals surface area contributed by atoms with Crippen LogP contribution < -0.4 is 10.5 Å². The predicted octanol–water partition coefficient (Wildman–Crippen LogP) is 3.10. The van der Waals surface area contributed by atoms with Crippen LogP contribution in [0.5, 0.6) is 5.75 Å². The van der Waals surface area contributed by atoms with Crippen molar-refractivity contribution in [1.29, 1.82) is 0 Å². The molecule has 0 unspecified atom stereocenters. The van der Waals surface area contributed by atoms with Gasteiger partial charge in [0.25, 0.3) is 0 Å². The molecule has 0 bridgehead atoms. The van der Waals surface area contributed by atoms with Crippen LogP contribution in [-0.4, -0.2) is 13.2 Å². The van der Waals surface area contributed by atoms with Gasteiger partial charge < -0.3 is 10.5 Å². The van der Waals surface area contributed by atoms with Crippen molar-refractivity contribution in [1.82, 2.24) is 0 Å². The molecule has 0 spiro atoms. The summed E-state index contributed by atoms with van der Waals surface area (Å²) in [5.41, 5.74) is 5.81. The number of alkyl halides is 2. The summed E-state index contributed by atoms with van der Waals surface area (Å²) in [4.78, 5) is 0. The second kappa shape index (κ2) is 5.49. The predicted molar refractivity (Wildman–Crippen MR) is 55.9 cm³/mol. The van der Waals surface area contributed by atoms with E-state index < -0.39 is 6.61 Å². The van der Waals surface area contributed by atoms with E-state index >= 15 is 0 Å². The zero-order valence-corrected chi connectivity index (χ0v) is 9.16. The first kappa shape index (κ1) is 12.5. The topological polar surface area (TPSA) is 35.2 Å². The Kier molecular flexibility index (Phi) is 4.57. The summed E-state index contributed by atoms with van der Waals surface area (Å²) in [6.45, 7) is -2.61. The molecule has 0 amide bonds. The zero-order chi connectivity index (χ0) is 11.4. The van der Waals surface area contributed by atoms with Crippen molar-refractivity contribution in [2.45, 2.75) is 13.0 Å². The molecule has 0 saturated heterocycles. The maximum absolute atomic E-state index is 12.1. The monoisotopic (exact) mass is 255 g/mol. The van der Waals surface area contributed by atoms with Crippen molar-refractivity contribution >= 4 is 23.2 Å². The number of rotatable bonds is 4. The van der Waals surface area contributed by atoms with Crippen LogP contribution >= 0.6 is 23.2 Å². The third-order valence-electron chi connectivity index (χ3n) is 1.71. The normalized spacial score (nSPS) is 10.8. The first-order valence-corrected chi connectivity index (χ1v) is 4.93. The van der Waals surface area contributed by atoms with Crippen LogP contribution in [0.15, 0.2) is 12.1 Å². The minimum Gasteiger partial charge on any atom is -0.433 e. The molecule has 0 atom stereocenters. The standard InChI is InChI=1S/C9H9Cl2F2NO/c10-6-3-5(1-2-14)8(7(11)4-6)15-9(12)13/h3-4,9H,1-2,14H2. The van der Waals surface area contributed by atoms with E-state index in [1.54, 1.807) is 0 Å². The van der Waals surface area contributed by atoms with Gasteiger partial charge in [0, 0.05) is 5.02 Å². The summed E-state index contributed by atoms with van der Waals surface area (Å²) in [5.74, 6) is -0.0542. The summed E-state index contributed by atoms with van der Waals surface area (Å²) in [6, 6.07) is 2.86. The Morgan fingerprint density at radius 3 is 2.53 bits per heavy atom. The van der Waals surface area contributed by atoms with Gasteiger partial charge in [-0.15, -0.1) is 0 Å². The minimum absolute atomic E-state index is 0.0542. The first-order chi connectivity index (χ1) is 7.04. The summed E-state index contributed by atoms with van der Waals surface area (Å²) in [6.07, 6.45) is 0.377. The number of hydrogen-bond donors (Lipinski definition) is 1. The third kappa shape index (κ3) is 3.48. The number of nitrogens with two attached hydrogens (primary N) is 1. The molecule has 0 aliphatic rings. The Morgan fingerprint density at radius 1 is 1.33 bits per heavy atom. The van der Waals surface area contributed by atoms with Gasteiger partial charge in [-0.2, -0.15) is 8.78 Å². The second-order valence-electron chi connectivity index (χ2n) is 2.79. The highest BCUT2D eigenvalue weighted by Gasteiger charge is 2.14. The van der Waals surface area contributed by atoms with Crippen molar-refractivity contribution in [2.24, 2.45) is 5.73 Å². The Balaban J connectivity index is 3.08. The molecule has 1 aromatic carbocycles. The summed E-state index contributed by atoms with van der Waals surface area (Å²) < 4.78 is 28.5. The van der Waals surface area contributed by atoms with Gasteiger partial charge >= 0.3 is 6.61 Å². The van der Waals surface area contributed by atoms with E-state index in [0.29, 0.717) is 23.6 Å². The molecule has 0 saturated carbocycles. The van der Waals surface area contributed by atoms with Gasteiger partial charge in [-0.3, -0.25) is 0 Å². The maximum Gasteiger partial charge on any atom is 0.387 e. The van der Waals surface area contributed by atoms with Crippen LogP contribution in [0.1, 0.15) is 5.56 Å². The number of ether oxygens (including phenoxy) is 1. The Morgan fingerprint density at radius 2 is 2.00 bits per heavy atom. The Hall–Kier alpha value is -0.580. The molecule has 0 fully saturated rings. The lowest BCUT2D eigenvalue weighted by Crippen LogP contribution is -2.08. The average molecular weight is 256 g/mol. The Labute approximate surface area is 95.9 Å². The van der Waals surface area contributed by atoms with Gasteiger partial charge in [-0.25, -0.2) is 0 Å². The molecule has 84 valence electrons. The molecule has 0 radical (unpaired) electrons. The van der Waals surface area contributed by atoms with E-state index in [2.05, 4.69) is 4.74 Å². The lowest BCUT2D eigenvalue weighted by atomic mass is 10.1. The van der Waals surface area contributed by atoms with Gasteiger partial charge in [0.15, 0.2) is 0 Å². The fraction of sp³-hybridized carbons (Fsp3) is 0.333. The quantitative estimate of drug-likeness (QED) is 0.898. The van der Waals surface area contributed by atoms with Crippen LogP contribution in [0.3, 0.4) is 0 Å². The van der Waals surface area contributed by atoms with Crippen molar-refractivity contribution in [2.75, 3.05) is 6.54 Å². The molecule has 0 heterocycles. The van der Waals surface area contributed by atoms with Crippen LogP contribution in [0, 0.1) is 0 Å². The average Bonchev–Trinajstić information content (AvgIpc) is 2.11. The van der Waals surface area contributed by atoms with Crippen molar-refractivity contribution in [3.05, 3.63) is 27.7 Å².